The maximum absolute atomic E-state index is 13.6. The van der Waals surface area contributed by atoms with E-state index in [0.29, 0.717) is 16.7 Å². The Balaban J connectivity index is 0.000000250. The molecule has 0 saturated carbocycles. The normalized spacial score (nSPS) is 17.0. The van der Waals surface area contributed by atoms with Gasteiger partial charge >= 0.3 is 6.61 Å². The summed E-state index contributed by atoms with van der Waals surface area (Å²) in [5.74, 6) is 0.687. The maximum Gasteiger partial charge on any atom is 0.387 e. The Morgan fingerprint density at radius 2 is 1.54 bits per heavy atom. The van der Waals surface area contributed by atoms with Crippen molar-refractivity contribution >= 4 is 46.2 Å². The molecule has 222 valence electrons. The molecule has 41 heavy (non-hydrogen) atoms. The zero-order valence-electron chi connectivity index (χ0n) is 24.1. The number of nitrogens with two attached hydrogens (primary N) is 1. The molecule has 1 aliphatic rings. The molecule has 0 radical (unpaired) electrons. The van der Waals surface area contributed by atoms with Crippen molar-refractivity contribution in [2.75, 3.05) is 6.61 Å². The largest absolute Gasteiger partial charge is 0.543 e. The molecule has 5 nitrogen and oxygen atoms in total. The fraction of sp³-hybridized carbons (Fsp3) is 0.367. The highest BCUT2D eigenvalue weighted by Crippen LogP contribution is 2.41. The van der Waals surface area contributed by atoms with Gasteiger partial charge in [-0.1, -0.05) is 48.8 Å². The zero-order valence-corrected chi connectivity index (χ0v) is 28.3. The maximum atomic E-state index is 13.6. The Labute approximate surface area is 257 Å². The molecule has 1 unspecified atom stereocenters. The molecule has 0 fully saturated rings. The average Bonchev–Trinajstić information content (AvgIpc) is 3.26. The molecule has 0 aliphatic carbocycles. The Morgan fingerprint density at radius 3 is 2.05 bits per heavy atom. The summed E-state index contributed by atoms with van der Waals surface area (Å²) in [4.78, 5) is 4.40. The molecule has 0 spiro atoms. The van der Waals surface area contributed by atoms with Gasteiger partial charge in [0.05, 0.1) is 4.47 Å². The van der Waals surface area contributed by atoms with Crippen molar-refractivity contribution in [3.05, 3.63) is 91.6 Å². The first-order chi connectivity index (χ1) is 18.9. The van der Waals surface area contributed by atoms with E-state index < -0.39 is 26.3 Å². The van der Waals surface area contributed by atoms with E-state index in [0.717, 1.165) is 10.2 Å². The van der Waals surface area contributed by atoms with Gasteiger partial charge in [-0.15, -0.1) is 0 Å². The highest BCUT2D eigenvalue weighted by Gasteiger charge is 2.41. The number of halogens is 5. The minimum Gasteiger partial charge on any atom is -0.543 e. The predicted molar refractivity (Wildman–Crippen MR) is 167 cm³/mol. The summed E-state index contributed by atoms with van der Waals surface area (Å²) in [5.41, 5.74) is 7.75. The Bertz CT molecular complexity index is 1430. The predicted octanol–water partition coefficient (Wildman–Crippen LogP) is 9.23. The zero-order chi connectivity index (χ0) is 30.8. The fourth-order valence-electron chi connectivity index (χ4n) is 3.94. The monoisotopic (exact) mass is 714 g/mol. The number of alkyl halides is 2. The van der Waals surface area contributed by atoms with Crippen molar-refractivity contribution in [1.82, 2.24) is 0 Å². The lowest BCUT2D eigenvalue weighted by molar-refractivity contribution is -0.0503. The molecule has 11 heteroatoms. The van der Waals surface area contributed by atoms with Crippen LogP contribution < -0.4 is 14.9 Å². The third-order valence-electron chi connectivity index (χ3n) is 7.30. The van der Waals surface area contributed by atoms with Gasteiger partial charge in [0, 0.05) is 4.47 Å². The molecule has 0 saturated heterocycles. The molecule has 0 amide bonds. The fourth-order valence-corrected chi connectivity index (χ4v) is 5.88. The first-order valence-corrected chi connectivity index (χ1v) is 17.4. The SMILES string of the molecule is Cc1cc(Br)ccc1O[Si](C)(C)C(C)(C)C.Cc1cc(C2(c3ccc(F)c(Br)c3)COC(N)=N2)ccc1OC(F)F. The van der Waals surface area contributed by atoms with Crippen LogP contribution in [0, 0.1) is 19.7 Å². The van der Waals surface area contributed by atoms with E-state index in [9.17, 15) is 13.2 Å². The van der Waals surface area contributed by atoms with E-state index in [-0.39, 0.29) is 27.9 Å². The number of nitrogens with zero attached hydrogens (tertiary/aromatic N) is 1. The molecular formula is C30H35Br2F3N2O3Si. The van der Waals surface area contributed by atoms with E-state index in [1.165, 1.54) is 17.7 Å². The van der Waals surface area contributed by atoms with Gasteiger partial charge < -0.3 is 19.6 Å². The number of benzene rings is 3. The summed E-state index contributed by atoms with van der Waals surface area (Å²) in [5, 5.41) is 0.243. The lowest BCUT2D eigenvalue weighted by atomic mass is 9.83. The van der Waals surface area contributed by atoms with Gasteiger partial charge in [0.1, 0.15) is 23.9 Å². The van der Waals surface area contributed by atoms with Crippen LogP contribution in [-0.2, 0) is 10.3 Å². The van der Waals surface area contributed by atoms with Crippen molar-refractivity contribution < 1.29 is 27.1 Å². The van der Waals surface area contributed by atoms with E-state index in [4.69, 9.17) is 14.9 Å². The van der Waals surface area contributed by atoms with Gasteiger partial charge in [0.25, 0.3) is 6.02 Å². The van der Waals surface area contributed by atoms with Crippen LogP contribution in [0.2, 0.25) is 18.1 Å². The van der Waals surface area contributed by atoms with Gasteiger partial charge in [-0.2, -0.15) is 8.78 Å². The molecule has 0 bridgehead atoms. The van der Waals surface area contributed by atoms with Crippen LogP contribution in [0.1, 0.15) is 43.0 Å². The van der Waals surface area contributed by atoms with Gasteiger partial charge in [0.15, 0.2) is 5.54 Å². The van der Waals surface area contributed by atoms with Crippen LogP contribution in [0.5, 0.6) is 11.5 Å². The molecule has 3 aromatic rings. The van der Waals surface area contributed by atoms with Gasteiger partial charge in [0.2, 0.25) is 8.32 Å². The summed E-state index contributed by atoms with van der Waals surface area (Å²) in [6.07, 6.45) is 0. The first-order valence-electron chi connectivity index (χ1n) is 12.9. The van der Waals surface area contributed by atoms with Crippen LogP contribution in [0.4, 0.5) is 13.2 Å². The van der Waals surface area contributed by atoms with Gasteiger partial charge in [-0.25, -0.2) is 9.38 Å². The third kappa shape index (κ3) is 7.87. The first kappa shape index (κ1) is 33.0. The van der Waals surface area contributed by atoms with Crippen LogP contribution in [0.3, 0.4) is 0 Å². The van der Waals surface area contributed by atoms with Crippen LogP contribution in [0.15, 0.2) is 68.5 Å². The molecule has 3 aromatic carbocycles. The smallest absolute Gasteiger partial charge is 0.387 e. The van der Waals surface area contributed by atoms with Crippen LogP contribution in [-0.4, -0.2) is 27.6 Å². The van der Waals surface area contributed by atoms with Crippen molar-refractivity contribution in [3.8, 4) is 11.5 Å². The van der Waals surface area contributed by atoms with Crippen LogP contribution in [0.25, 0.3) is 0 Å². The quantitative estimate of drug-likeness (QED) is 0.259. The van der Waals surface area contributed by atoms with Crippen molar-refractivity contribution in [3.63, 3.8) is 0 Å². The summed E-state index contributed by atoms with van der Waals surface area (Å²) in [6.45, 7) is 12.3. The molecule has 1 aliphatic heterocycles. The summed E-state index contributed by atoms with van der Waals surface area (Å²) >= 11 is 6.63. The lowest BCUT2D eigenvalue weighted by Gasteiger charge is -2.36. The van der Waals surface area contributed by atoms with Crippen molar-refractivity contribution in [1.29, 1.82) is 0 Å². The number of hydrogen-bond donors (Lipinski definition) is 1. The average molecular weight is 717 g/mol. The van der Waals surface area contributed by atoms with Crippen molar-refractivity contribution in [2.45, 2.75) is 64.9 Å². The second-order valence-electron chi connectivity index (χ2n) is 11.4. The van der Waals surface area contributed by atoms with E-state index in [1.807, 2.05) is 6.07 Å². The second-order valence-corrected chi connectivity index (χ2v) is 17.9. The highest BCUT2D eigenvalue weighted by atomic mass is 79.9. The number of aliphatic imine (C=N–C) groups is 1. The van der Waals surface area contributed by atoms with E-state index in [1.54, 1.807) is 31.2 Å². The van der Waals surface area contributed by atoms with Gasteiger partial charge in [-0.05, 0) is 113 Å². The summed E-state index contributed by atoms with van der Waals surface area (Å²) < 4.78 is 56.0. The standard InChI is InChI=1S/C17H14BrF3N2O2.C13H21BrOSi/c1-9-6-10(3-5-14(9)25-15(20)21)17(8-24-16(22)23-17)11-2-4-13(19)12(18)7-11;1-10-9-11(14)7-8-12(10)15-16(5,6)13(2,3)4/h2-7,15H,8H2,1H3,(H2,22,23);7-9H,1-6H3. The molecule has 1 heterocycles. The van der Waals surface area contributed by atoms with E-state index >= 15 is 0 Å². The van der Waals surface area contributed by atoms with Crippen molar-refractivity contribution in [2.24, 2.45) is 10.7 Å². The number of aryl methyl sites for hydroxylation is 2. The van der Waals surface area contributed by atoms with Crippen LogP contribution >= 0.6 is 31.9 Å². The Hall–Kier alpha value is -2.50. The number of hydrogen-bond acceptors (Lipinski definition) is 5. The topological polar surface area (TPSA) is 66.1 Å². The van der Waals surface area contributed by atoms with Gasteiger partial charge in [-0.3, -0.25) is 0 Å². The highest BCUT2D eigenvalue weighted by molar-refractivity contribution is 9.10. The second kappa shape index (κ2) is 12.8. The van der Waals surface area contributed by atoms with E-state index in [2.05, 4.69) is 94.5 Å². The number of ether oxygens (including phenoxy) is 2. The summed E-state index contributed by atoms with van der Waals surface area (Å²) in [7, 11) is -1.71. The minimum absolute atomic E-state index is 0.00556. The minimum atomic E-state index is -2.91. The molecule has 1 atom stereocenters. The molecular weight excluding hydrogens is 681 g/mol. The molecule has 0 aromatic heterocycles. The number of amidine groups is 1. The third-order valence-corrected chi connectivity index (χ3v) is 12.7. The Morgan fingerprint density at radius 1 is 0.951 bits per heavy atom. The lowest BCUT2D eigenvalue weighted by Crippen LogP contribution is -2.44. The molecule has 4 rings (SSSR count). The number of rotatable bonds is 6. The Kier molecular flexibility index (Phi) is 10.3. The summed E-state index contributed by atoms with van der Waals surface area (Å²) in [6, 6.07) is 15.4. The molecule has 2 N–H and O–H groups in total.